The number of nitrogens with one attached hydrogen (secondary N) is 2. The van der Waals surface area contributed by atoms with E-state index in [0.29, 0.717) is 15.6 Å². The minimum Gasteiger partial charge on any atom is -0.426 e. The Balaban J connectivity index is 2.04. The third kappa shape index (κ3) is 6.24. The van der Waals surface area contributed by atoms with Crippen molar-refractivity contribution in [3.8, 4) is 0 Å². The highest BCUT2D eigenvalue weighted by atomic mass is 35.5. The molecule has 148 valence electrons. The van der Waals surface area contributed by atoms with Gasteiger partial charge in [0.05, 0.1) is 5.94 Å². The van der Waals surface area contributed by atoms with Crippen molar-refractivity contribution in [3.05, 3.63) is 69.7 Å². The van der Waals surface area contributed by atoms with Crippen molar-refractivity contribution in [3.63, 3.8) is 0 Å². The quantitative estimate of drug-likeness (QED) is 0.514. The van der Waals surface area contributed by atoms with Crippen LogP contribution >= 0.6 is 23.2 Å². The van der Waals surface area contributed by atoms with Crippen LogP contribution in [-0.4, -0.2) is 40.5 Å². The van der Waals surface area contributed by atoms with Crippen LogP contribution in [0.2, 0.25) is 10.0 Å². The van der Waals surface area contributed by atoms with E-state index >= 15 is 0 Å². The largest absolute Gasteiger partial charge is 0.475 e. The van der Waals surface area contributed by atoms with E-state index < -0.39 is 30.4 Å². The molecule has 9 heteroatoms. The SMILES string of the molecule is CC(C)(NC(=O)c1ccc(Cl)cc1)C(=O)N[C@@H](Cc1ccc(Cl)cc1)B(O)O. The molecule has 0 aliphatic rings. The van der Waals surface area contributed by atoms with Gasteiger partial charge in [-0.25, -0.2) is 0 Å². The van der Waals surface area contributed by atoms with Gasteiger partial charge in [-0.05, 0) is 62.2 Å². The van der Waals surface area contributed by atoms with Crippen LogP contribution in [0, 0.1) is 0 Å². The van der Waals surface area contributed by atoms with Crippen molar-refractivity contribution < 1.29 is 19.6 Å². The predicted octanol–water partition coefficient (Wildman–Crippen LogP) is 2.24. The van der Waals surface area contributed by atoms with E-state index in [0.717, 1.165) is 5.56 Å². The van der Waals surface area contributed by atoms with Crippen LogP contribution in [0.3, 0.4) is 0 Å². The van der Waals surface area contributed by atoms with Crippen LogP contribution in [0.5, 0.6) is 0 Å². The van der Waals surface area contributed by atoms with Crippen LogP contribution in [0.4, 0.5) is 0 Å². The fraction of sp³-hybridized carbons (Fsp3) is 0.263. The Morgan fingerprint density at radius 1 is 1.00 bits per heavy atom. The number of rotatable bonds is 7. The van der Waals surface area contributed by atoms with Crippen molar-refractivity contribution in [1.29, 1.82) is 0 Å². The predicted molar refractivity (Wildman–Crippen MR) is 110 cm³/mol. The Kier molecular flexibility index (Phi) is 7.49. The molecule has 0 aliphatic carbocycles. The van der Waals surface area contributed by atoms with Gasteiger partial charge in [-0.2, -0.15) is 0 Å². The summed E-state index contributed by atoms with van der Waals surface area (Å²) in [5, 5.41) is 25.5. The molecule has 0 spiro atoms. The standard InChI is InChI=1S/C19H21BCl2N2O4/c1-19(2,24-17(25)13-5-9-15(22)10-6-13)18(26)23-16(20(27)28)11-12-3-7-14(21)8-4-12/h3-10,16,27-28H,11H2,1-2H3,(H,23,26)(H,24,25)/t16-/m0/s1. The molecule has 2 aromatic carbocycles. The zero-order chi connectivity index (χ0) is 20.9. The van der Waals surface area contributed by atoms with Crippen molar-refractivity contribution in [2.24, 2.45) is 0 Å². The highest BCUT2D eigenvalue weighted by Gasteiger charge is 2.34. The second-order valence-electron chi connectivity index (χ2n) is 6.91. The number of halogens is 2. The fourth-order valence-corrected chi connectivity index (χ4v) is 2.72. The summed E-state index contributed by atoms with van der Waals surface area (Å²) in [4.78, 5) is 25.0. The maximum absolute atomic E-state index is 12.7. The lowest BCUT2D eigenvalue weighted by molar-refractivity contribution is -0.126. The van der Waals surface area contributed by atoms with Crippen molar-refractivity contribution >= 4 is 42.1 Å². The Morgan fingerprint density at radius 2 is 1.50 bits per heavy atom. The zero-order valence-corrected chi connectivity index (χ0v) is 17.0. The summed E-state index contributed by atoms with van der Waals surface area (Å²) in [6.45, 7) is 3.05. The molecule has 4 N–H and O–H groups in total. The Morgan fingerprint density at radius 3 is 2.00 bits per heavy atom. The molecule has 2 aromatic rings. The van der Waals surface area contributed by atoms with Gasteiger partial charge >= 0.3 is 7.12 Å². The van der Waals surface area contributed by atoms with E-state index in [1.54, 1.807) is 48.5 Å². The van der Waals surface area contributed by atoms with E-state index in [1.165, 1.54) is 13.8 Å². The Bertz CT molecular complexity index is 827. The first-order valence-corrected chi connectivity index (χ1v) is 9.34. The first-order chi connectivity index (χ1) is 13.1. The number of benzene rings is 2. The lowest BCUT2D eigenvalue weighted by Crippen LogP contribution is -2.59. The summed E-state index contributed by atoms with van der Waals surface area (Å²) in [6.07, 6.45) is 0.182. The normalized spacial score (nSPS) is 12.2. The molecule has 1 atom stereocenters. The third-order valence-corrected chi connectivity index (χ3v) is 4.65. The minimum absolute atomic E-state index is 0.182. The molecule has 0 unspecified atom stereocenters. The Labute approximate surface area is 174 Å². The number of hydrogen-bond donors (Lipinski definition) is 4. The summed E-state index contributed by atoms with van der Waals surface area (Å²) >= 11 is 11.7. The average Bonchev–Trinajstić information content (AvgIpc) is 2.62. The second-order valence-corrected chi connectivity index (χ2v) is 7.78. The van der Waals surface area contributed by atoms with E-state index in [-0.39, 0.29) is 6.42 Å². The topological polar surface area (TPSA) is 98.7 Å². The van der Waals surface area contributed by atoms with Gasteiger partial charge in [-0.15, -0.1) is 0 Å². The van der Waals surface area contributed by atoms with Crippen LogP contribution in [0.1, 0.15) is 29.8 Å². The molecule has 28 heavy (non-hydrogen) atoms. The molecule has 0 aliphatic heterocycles. The number of carbonyl (C=O) groups excluding carboxylic acids is 2. The monoisotopic (exact) mass is 422 g/mol. The van der Waals surface area contributed by atoms with Crippen LogP contribution in [-0.2, 0) is 11.2 Å². The van der Waals surface area contributed by atoms with Gasteiger partial charge in [0.1, 0.15) is 5.54 Å². The molecule has 0 radical (unpaired) electrons. The minimum atomic E-state index is -1.78. The Hall–Kier alpha value is -2.06. The molecular formula is C19H21BCl2N2O4. The molecular weight excluding hydrogens is 402 g/mol. The molecule has 0 saturated heterocycles. The van der Waals surface area contributed by atoms with Gasteiger partial charge in [0.2, 0.25) is 5.91 Å². The molecule has 0 heterocycles. The second kappa shape index (κ2) is 9.43. The average molecular weight is 423 g/mol. The van der Waals surface area contributed by atoms with E-state index in [2.05, 4.69) is 10.6 Å². The summed E-state index contributed by atoms with van der Waals surface area (Å²) in [6, 6.07) is 13.1. The molecule has 0 aromatic heterocycles. The third-order valence-electron chi connectivity index (χ3n) is 4.15. The number of carbonyl (C=O) groups is 2. The van der Waals surface area contributed by atoms with Gasteiger partial charge in [-0.3, -0.25) is 9.59 Å². The van der Waals surface area contributed by atoms with Gasteiger partial charge < -0.3 is 20.7 Å². The highest BCUT2D eigenvalue weighted by molar-refractivity contribution is 6.43. The van der Waals surface area contributed by atoms with Crippen molar-refractivity contribution in [2.45, 2.75) is 31.7 Å². The maximum Gasteiger partial charge on any atom is 0.475 e. The first-order valence-electron chi connectivity index (χ1n) is 8.58. The van der Waals surface area contributed by atoms with Gasteiger partial charge in [-0.1, -0.05) is 35.3 Å². The smallest absolute Gasteiger partial charge is 0.426 e. The zero-order valence-electron chi connectivity index (χ0n) is 15.4. The van der Waals surface area contributed by atoms with Gasteiger partial charge in [0, 0.05) is 15.6 Å². The maximum atomic E-state index is 12.7. The first kappa shape index (κ1) is 22.2. The van der Waals surface area contributed by atoms with Crippen LogP contribution < -0.4 is 10.6 Å². The lowest BCUT2D eigenvalue weighted by atomic mass is 9.75. The summed E-state index contributed by atoms with van der Waals surface area (Å²) < 4.78 is 0. The van der Waals surface area contributed by atoms with Gasteiger partial charge in [0.25, 0.3) is 5.91 Å². The van der Waals surface area contributed by atoms with E-state index in [4.69, 9.17) is 23.2 Å². The van der Waals surface area contributed by atoms with Crippen LogP contribution in [0.25, 0.3) is 0 Å². The van der Waals surface area contributed by atoms with Crippen LogP contribution in [0.15, 0.2) is 48.5 Å². The van der Waals surface area contributed by atoms with Gasteiger partial charge in [0.15, 0.2) is 0 Å². The molecule has 0 saturated carbocycles. The molecule has 6 nitrogen and oxygen atoms in total. The summed E-state index contributed by atoms with van der Waals surface area (Å²) in [5.41, 5.74) is -0.167. The summed E-state index contributed by atoms with van der Waals surface area (Å²) in [7, 11) is -1.78. The molecule has 0 fully saturated rings. The highest BCUT2D eigenvalue weighted by Crippen LogP contribution is 2.14. The molecule has 2 amide bonds. The summed E-state index contributed by atoms with van der Waals surface area (Å²) in [5.74, 6) is -1.96. The molecule has 0 bridgehead atoms. The van der Waals surface area contributed by atoms with Crippen molar-refractivity contribution in [1.82, 2.24) is 10.6 Å². The lowest BCUT2D eigenvalue weighted by Gasteiger charge is -2.28. The molecule has 2 rings (SSSR count). The van der Waals surface area contributed by atoms with Crippen molar-refractivity contribution in [2.75, 3.05) is 0 Å². The fourth-order valence-electron chi connectivity index (χ4n) is 2.47. The van der Waals surface area contributed by atoms with E-state index in [9.17, 15) is 19.6 Å². The number of amides is 2. The van der Waals surface area contributed by atoms with E-state index in [1.807, 2.05) is 0 Å². The number of hydrogen-bond acceptors (Lipinski definition) is 4.